The zero-order valence-electron chi connectivity index (χ0n) is 8.50. The van der Waals surface area contributed by atoms with E-state index >= 15 is 0 Å². The van der Waals surface area contributed by atoms with Gasteiger partial charge in [-0.2, -0.15) is 0 Å². The second-order valence-corrected chi connectivity index (χ2v) is 4.58. The summed E-state index contributed by atoms with van der Waals surface area (Å²) >= 11 is 11.8. The summed E-state index contributed by atoms with van der Waals surface area (Å²) < 4.78 is 0. The minimum Gasteiger partial charge on any atom is -0.352 e. The van der Waals surface area contributed by atoms with E-state index in [1.165, 1.54) is 12.8 Å². The molecule has 1 aromatic rings. The summed E-state index contributed by atoms with van der Waals surface area (Å²) in [5.41, 5.74) is 0. The molecule has 0 spiro atoms. The first-order valence-electron chi connectivity index (χ1n) is 5.25. The van der Waals surface area contributed by atoms with E-state index in [9.17, 15) is 0 Å². The third kappa shape index (κ3) is 2.56. The van der Waals surface area contributed by atoms with Gasteiger partial charge in [0, 0.05) is 24.7 Å². The van der Waals surface area contributed by atoms with E-state index in [0.29, 0.717) is 16.9 Å². The minimum atomic E-state index is 0.425. The Bertz CT molecular complexity index is 313. The fourth-order valence-corrected chi connectivity index (χ4v) is 2.43. The van der Waals surface area contributed by atoms with Crippen molar-refractivity contribution in [2.24, 2.45) is 0 Å². The van der Waals surface area contributed by atoms with Crippen LogP contribution in [-0.4, -0.2) is 23.5 Å². The molecular formula is C11H14Cl2N2. The maximum Gasteiger partial charge on any atom is 0.128 e. The lowest BCUT2D eigenvalue weighted by Crippen LogP contribution is -2.41. The molecule has 0 aromatic carbocycles. The van der Waals surface area contributed by atoms with Gasteiger partial charge in [-0.3, -0.25) is 0 Å². The first-order valence-corrected chi connectivity index (χ1v) is 6.16. The van der Waals surface area contributed by atoms with Gasteiger partial charge in [-0.1, -0.05) is 11.6 Å². The van der Waals surface area contributed by atoms with Crippen molar-refractivity contribution < 1.29 is 0 Å². The van der Waals surface area contributed by atoms with Crippen LogP contribution in [0.3, 0.4) is 0 Å². The molecule has 2 heterocycles. The van der Waals surface area contributed by atoms with Crippen LogP contribution in [0.1, 0.15) is 19.3 Å². The highest BCUT2D eigenvalue weighted by molar-refractivity contribution is 6.30. The Balaban J connectivity index is 2.16. The van der Waals surface area contributed by atoms with Crippen LogP contribution >= 0.6 is 23.2 Å². The van der Waals surface area contributed by atoms with Crippen molar-refractivity contribution >= 4 is 29.0 Å². The van der Waals surface area contributed by atoms with Crippen LogP contribution in [0.5, 0.6) is 0 Å². The first kappa shape index (κ1) is 11.0. The molecule has 0 aliphatic carbocycles. The van der Waals surface area contributed by atoms with Crippen molar-refractivity contribution in [1.29, 1.82) is 0 Å². The van der Waals surface area contributed by atoms with Gasteiger partial charge in [0.25, 0.3) is 0 Å². The summed E-state index contributed by atoms with van der Waals surface area (Å²) in [6.07, 6.45) is 5.34. The molecule has 1 unspecified atom stereocenters. The Hall–Kier alpha value is -0.470. The molecule has 2 rings (SSSR count). The summed E-state index contributed by atoms with van der Waals surface area (Å²) in [5.74, 6) is 1.66. The molecule has 1 fully saturated rings. The lowest BCUT2D eigenvalue weighted by molar-refractivity contribution is 0.484. The number of hydrogen-bond acceptors (Lipinski definition) is 2. The van der Waals surface area contributed by atoms with Gasteiger partial charge in [-0.15, -0.1) is 11.6 Å². The van der Waals surface area contributed by atoms with Crippen molar-refractivity contribution in [3.05, 3.63) is 23.4 Å². The van der Waals surface area contributed by atoms with Crippen molar-refractivity contribution in [1.82, 2.24) is 4.98 Å². The molecule has 1 atom stereocenters. The van der Waals surface area contributed by atoms with Crippen LogP contribution in [-0.2, 0) is 0 Å². The summed E-state index contributed by atoms with van der Waals surface area (Å²) in [4.78, 5) is 6.62. The van der Waals surface area contributed by atoms with E-state index in [-0.39, 0.29) is 0 Å². The molecule has 15 heavy (non-hydrogen) atoms. The van der Waals surface area contributed by atoms with Crippen LogP contribution in [0.15, 0.2) is 18.3 Å². The van der Waals surface area contributed by atoms with Gasteiger partial charge >= 0.3 is 0 Å². The predicted octanol–water partition coefficient (Wildman–Crippen LogP) is 3.33. The van der Waals surface area contributed by atoms with E-state index in [2.05, 4.69) is 9.88 Å². The standard InChI is InChI=1S/C11H14Cl2N2/c12-7-10-3-1-2-6-15(10)11-5-4-9(13)8-14-11/h4-5,8,10H,1-3,6-7H2. The number of rotatable bonds is 2. The topological polar surface area (TPSA) is 16.1 Å². The van der Waals surface area contributed by atoms with Crippen molar-refractivity contribution in [2.75, 3.05) is 17.3 Å². The van der Waals surface area contributed by atoms with E-state index in [4.69, 9.17) is 23.2 Å². The molecule has 1 aliphatic heterocycles. The highest BCUT2D eigenvalue weighted by Crippen LogP contribution is 2.24. The zero-order chi connectivity index (χ0) is 10.7. The highest BCUT2D eigenvalue weighted by atomic mass is 35.5. The molecule has 1 aliphatic rings. The van der Waals surface area contributed by atoms with Crippen LogP contribution in [0.25, 0.3) is 0 Å². The fraction of sp³-hybridized carbons (Fsp3) is 0.545. The number of piperidine rings is 1. The van der Waals surface area contributed by atoms with Gasteiger partial charge in [-0.05, 0) is 31.4 Å². The van der Waals surface area contributed by atoms with E-state index in [1.807, 2.05) is 12.1 Å². The van der Waals surface area contributed by atoms with Gasteiger partial charge in [0.2, 0.25) is 0 Å². The van der Waals surface area contributed by atoms with Crippen LogP contribution in [0, 0.1) is 0 Å². The monoisotopic (exact) mass is 244 g/mol. The van der Waals surface area contributed by atoms with Gasteiger partial charge in [-0.25, -0.2) is 4.98 Å². The molecular weight excluding hydrogens is 231 g/mol. The molecule has 1 aromatic heterocycles. The summed E-state index contributed by atoms with van der Waals surface area (Å²) in [7, 11) is 0. The molecule has 2 nitrogen and oxygen atoms in total. The van der Waals surface area contributed by atoms with Gasteiger partial charge < -0.3 is 4.90 Å². The van der Waals surface area contributed by atoms with Crippen LogP contribution in [0.4, 0.5) is 5.82 Å². The fourth-order valence-electron chi connectivity index (χ4n) is 2.00. The van der Waals surface area contributed by atoms with E-state index < -0.39 is 0 Å². The largest absolute Gasteiger partial charge is 0.352 e. The van der Waals surface area contributed by atoms with Crippen molar-refractivity contribution in [3.8, 4) is 0 Å². The lowest BCUT2D eigenvalue weighted by Gasteiger charge is -2.35. The zero-order valence-corrected chi connectivity index (χ0v) is 10.0. The molecule has 0 N–H and O–H groups in total. The third-order valence-electron chi connectivity index (χ3n) is 2.81. The van der Waals surface area contributed by atoms with Crippen molar-refractivity contribution in [3.63, 3.8) is 0 Å². The number of pyridine rings is 1. The lowest BCUT2D eigenvalue weighted by atomic mass is 10.0. The predicted molar refractivity (Wildman–Crippen MR) is 65.0 cm³/mol. The second kappa shape index (κ2) is 5.04. The summed E-state index contributed by atoms with van der Waals surface area (Å²) in [6, 6.07) is 4.27. The Morgan fingerprint density at radius 2 is 2.27 bits per heavy atom. The maximum absolute atomic E-state index is 5.96. The summed E-state index contributed by atoms with van der Waals surface area (Å²) in [6.45, 7) is 1.05. The van der Waals surface area contributed by atoms with Gasteiger partial charge in [0.15, 0.2) is 0 Å². The second-order valence-electron chi connectivity index (χ2n) is 3.83. The minimum absolute atomic E-state index is 0.425. The molecule has 0 saturated carbocycles. The molecule has 1 saturated heterocycles. The number of halogens is 2. The Labute approximate surface area is 100 Å². The van der Waals surface area contributed by atoms with E-state index in [1.54, 1.807) is 6.20 Å². The molecule has 0 radical (unpaired) electrons. The summed E-state index contributed by atoms with van der Waals surface area (Å²) in [5, 5.41) is 0.679. The average molecular weight is 245 g/mol. The Morgan fingerprint density at radius 1 is 1.40 bits per heavy atom. The number of aromatic nitrogens is 1. The highest BCUT2D eigenvalue weighted by Gasteiger charge is 2.22. The number of alkyl halides is 1. The van der Waals surface area contributed by atoms with Gasteiger partial charge in [0.05, 0.1) is 5.02 Å². The van der Waals surface area contributed by atoms with Crippen LogP contribution in [0.2, 0.25) is 5.02 Å². The molecule has 82 valence electrons. The quantitative estimate of drug-likeness (QED) is 0.743. The Kier molecular flexibility index (Phi) is 3.71. The Morgan fingerprint density at radius 3 is 2.93 bits per heavy atom. The third-order valence-corrected chi connectivity index (χ3v) is 3.39. The number of anilines is 1. The molecule has 0 amide bonds. The van der Waals surface area contributed by atoms with E-state index in [0.717, 1.165) is 18.8 Å². The number of hydrogen-bond donors (Lipinski definition) is 0. The maximum atomic E-state index is 5.96. The van der Waals surface area contributed by atoms with Crippen LogP contribution < -0.4 is 4.90 Å². The smallest absolute Gasteiger partial charge is 0.128 e. The van der Waals surface area contributed by atoms with Gasteiger partial charge in [0.1, 0.15) is 5.82 Å². The normalized spacial score (nSPS) is 21.7. The number of nitrogens with zero attached hydrogens (tertiary/aromatic N) is 2. The molecule has 4 heteroatoms. The molecule has 0 bridgehead atoms. The first-order chi connectivity index (χ1) is 7.31. The average Bonchev–Trinajstić information content (AvgIpc) is 2.30. The van der Waals surface area contributed by atoms with Crippen molar-refractivity contribution in [2.45, 2.75) is 25.3 Å². The SMILES string of the molecule is ClCC1CCCCN1c1ccc(Cl)cn1.